The summed E-state index contributed by atoms with van der Waals surface area (Å²) in [6, 6.07) is 5.37. The van der Waals surface area contributed by atoms with Gasteiger partial charge in [0.2, 0.25) is 5.91 Å². The second-order valence-electron chi connectivity index (χ2n) is 4.42. The number of hydrogen-bond acceptors (Lipinski definition) is 4. The van der Waals surface area contributed by atoms with Gasteiger partial charge in [0.25, 0.3) is 0 Å². The number of carbonyl (C=O) groups excluding carboxylic acids is 1. The number of anilines is 2. The molecule has 0 aromatic heterocycles. The Morgan fingerprint density at radius 3 is 3.11 bits per heavy atom. The highest BCUT2D eigenvalue weighted by Crippen LogP contribution is 2.17. The Balaban J connectivity index is 1.82. The first-order chi connectivity index (χ1) is 8.65. The third-order valence-corrected chi connectivity index (χ3v) is 2.86. The molecule has 1 aliphatic rings. The minimum atomic E-state index is -0.158. The van der Waals surface area contributed by atoms with Crippen LogP contribution in [0.25, 0.3) is 0 Å². The van der Waals surface area contributed by atoms with Crippen LogP contribution in [0.4, 0.5) is 11.4 Å². The summed E-state index contributed by atoms with van der Waals surface area (Å²) in [6.45, 7) is 3.24. The van der Waals surface area contributed by atoms with Crippen molar-refractivity contribution in [3.63, 3.8) is 0 Å². The molecule has 3 N–H and O–H groups in total. The molecule has 5 nitrogen and oxygen atoms in total. The molecule has 1 saturated heterocycles. The van der Waals surface area contributed by atoms with Crippen molar-refractivity contribution in [3.05, 3.63) is 23.8 Å². The van der Waals surface area contributed by atoms with Crippen LogP contribution in [0.15, 0.2) is 18.2 Å². The first-order valence-corrected chi connectivity index (χ1v) is 6.00. The van der Waals surface area contributed by atoms with Gasteiger partial charge in [0.1, 0.15) is 6.61 Å². The predicted octanol–water partition coefficient (Wildman–Crippen LogP) is 1.32. The van der Waals surface area contributed by atoms with Crippen molar-refractivity contribution in [1.82, 2.24) is 0 Å². The van der Waals surface area contributed by atoms with E-state index in [2.05, 4.69) is 5.32 Å². The lowest BCUT2D eigenvalue weighted by Gasteiger charge is -2.11. The van der Waals surface area contributed by atoms with Gasteiger partial charge >= 0.3 is 0 Å². The lowest BCUT2D eigenvalue weighted by Crippen LogP contribution is -2.23. The van der Waals surface area contributed by atoms with Crippen LogP contribution in [0, 0.1) is 6.92 Å². The quantitative estimate of drug-likeness (QED) is 0.790. The summed E-state index contributed by atoms with van der Waals surface area (Å²) in [5, 5.41) is 2.80. The highest BCUT2D eigenvalue weighted by molar-refractivity contribution is 5.92. The van der Waals surface area contributed by atoms with Crippen LogP contribution in [-0.4, -0.2) is 31.8 Å². The number of nitrogens with one attached hydrogen (secondary N) is 1. The van der Waals surface area contributed by atoms with E-state index in [1.807, 2.05) is 13.0 Å². The van der Waals surface area contributed by atoms with Crippen LogP contribution in [0.2, 0.25) is 0 Å². The molecule has 1 unspecified atom stereocenters. The van der Waals surface area contributed by atoms with Gasteiger partial charge in [-0.2, -0.15) is 0 Å². The van der Waals surface area contributed by atoms with Crippen LogP contribution >= 0.6 is 0 Å². The van der Waals surface area contributed by atoms with Gasteiger partial charge in [-0.05, 0) is 37.1 Å². The van der Waals surface area contributed by atoms with Gasteiger partial charge in [0.05, 0.1) is 12.7 Å². The van der Waals surface area contributed by atoms with E-state index in [1.54, 1.807) is 12.1 Å². The summed E-state index contributed by atoms with van der Waals surface area (Å²) in [5.41, 5.74) is 8.04. The van der Waals surface area contributed by atoms with Gasteiger partial charge in [-0.15, -0.1) is 0 Å². The summed E-state index contributed by atoms with van der Waals surface area (Å²) in [4.78, 5) is 11.7. The molecule has 0 saturated carbocycles. The second kappa shape index (κ2) is 5.84. The summed E-state index contributed by atoms with van der Waals surface area (Å²) in [6.07, 6.45) is 0.900. The molecule has 1 amide bonds. The summed E-state index contributed by atoms with van der Waals surface area (Å²) >= 11 is 0. The summed E-state index contributed by atoms with van der Waals surface area (Å²) < 4.78 is 10.6. The Kier molecular flexibility index (Phi) is 4.17. The molecule has 1 heterocycles. The van der Waals surface area contributed by atoms with Crippen LogP contribution in [0.3, 0.4) is 0 Å². The fourth-order valence-corrected chi connectivity index (χ4v) is 1.85. The number of rotatable bonds is 4. The summed E-state index contributed by atoms with van der Waals surface area (Å²) in [5.74, 6) is -0.158. The Morgan fingerprint density at radius 1 is 1.61 bits per heavy atom. The minimum absolute atomic E-state index is 0.0447. The molecule has 18 heavy (non-hydrogen) atoms. The molecule has 0 bridgehead atoms. The maximum absolute atomic E-state index is 11.7. The largest absolute Gasteiger partial charge is 0.399 e. The molecule has 1 atom stereocenters. The standard InChI is InChI=1S/C13H18N2O3/c1-9-6-10(14)2-3-12(9)15-13(16)8-18-11-4-5-17-7-11/h2-3,6,11H,4-5,7-8,14H2,1H3,(H,15,16). The Hall–Kier alpha value is -1.59. The second-order valence-corrected chi connectivity index (χ2v) is 4.42. The third kappa shape index (κ3) is 3.45. The van der Waals surface area contributed by atoms with Crippen LogP contribution in [0.1, 0.15) is 12.0 Å². The number of nitrogen functional groups attached to an aromatic ring is 1. The maximum atomic E-state index is 11.7. The van der Waals surface area contributed by atoms with E-state index in [4.69, 9.17) is 15.2 Å². The summed E-state index contributed by atoms with van der Waals surface area (Å²) in [7, 11) is 0. The van der Waals surface area contributed by atoms with E-state index in [0.29, 0.717) is 18.9 Å². The predicted molar refractivity (Wildman–Crippen MR) is 69.4 cm³/mol. The average molecular weight is 250 g/mol. The van der Waals surface area contributed by atoms with Gasteiger partial charge in [0, 0.05) is 18.0 Å². The van der Waals surface area contributed by atoms with E-state index in [0.717, 1.165) is 17.7 Å². The first-order valence-electron chi connectivity index (χ1n) is 6.00. The highest BCUT2D eigenvalue weighted by atomic mass is 16.5. The van der Waals surface area contributed by atoms with Gasteiger partial charge in [-0.25, -0.2) is 0 Å². The van der Waals surface area contributed by atoms with Crippen LogP contribution < -0.4 is 11.1 Å². The molecule has 1 aromatic rings. The minimum Gasteiger partial charge on any atom is -0.399 e. The molecular weight excluding hydrogens is 232 g/mol. The van der Waals surface area contributed by atoms with Crippen molar-refractivity contribution in [2.24, 2.45) is 0 Å². The molecule has 0 aliphatic carbocycles. The van der Waals surface area contributed by atoms with E-state index >= 15 is 0 Å². The zero-order chi connectivity index (χ0) is 13.0. The number of benzene rings is 1. The number of carbonyl (C=O) groups is 1. The Labute approximate surface area is 106 Å². The van der Waals surface area contributed by atoms with Crippen molar-refractivity contribution in [2.75, 3.05) is 30.9 Å². The molecule has 0 radical (unpaired) electrons. The smallest absolute Gasteiger partial charge is 0.250 e. The van der Waals surface area contributed by atoms with Crippen molar-refractivity contribution in [3.8, 4) is 0 Å². The average Bonchev–Trinajstić information content (AvgIpc) is 2.83. The number of amides is 1. The van der Waals surface area contributed by atoms with Gasteiger partial charge in [-0.3, -0.25) is 4.79 Å². The number of ether oxygens (including phenoxy) is 2. The zero-order valence-electron chi connectivity index (χ0n) is 10.4. The fourth-order valence-electron chi connectivity index (χ4n) is 1.85. The lowest BCUT2D eigenvalue weighted by molar-refractivity contribution is -0.122. The van der Waals surface area contributed by atoms with Crippen molar-refractivity contribution < 1.29 is 14.3 Å². The monoisotopic (exact) mass is 250 g/mol. The van der Waals surface area contributed by atoms with Gasteiger partial charge < -0.3 is 20.5 Å². The molecule has 98 valence electrons. The van der Waals surface area contributed by atoms with E-state index in [9.17, 15) is 4.79 Å². The van der Waals surface area contributed by atoms with Crippen molar-refractivity contribution in [1.29, 1.82) is 0 Å². The zero-order valence-corrected chi connectivity index (χ0v) is 10.4. The van der Waals surface area contributed by atoms with E-state index in [1.165, 1.54) is 0 Å². The maximum Gasteiger partial charge on any atom is 0.250 e. The third-order valence-electron chi connectivity index (χ3n) is 2.86. The van der Waals surface area contributed by atoms with E-state index in [-0.39, 0.29) is 18.6 Å². The Morgan fingerprint density at radius 2 is 2.44 bits per heavy atom. The molecule has 0 spiro atoms. The number of nitrogens with two attached hydrogens (primary N) is 1. The Bertz CT molecular complexity index is 428. The van der Waals surface area contributed by atoms with E-state index < -0.39 is 0 Å². The van der Waals surface area contributed by atoms with Crippen molar-refractivity contribution in [2.45, 2.75) is 19.4 Å². The molecule has 1 fully saturated rings. The van der Waals surface area contributed by atoms with Gasteiger partial charge in [-0.1, -0.05) is 0 Å². The van der Waals surface area contributed by atoms with Crippen molar-refractivity contribution >= 4 is 17.3 Å². The van der Waals surface area contributed by atoms with Crippen LogP contribution in [0.5, 0.6) is 0 Å². The van der Waals surface area contributed by atoms with Gasteiger partial charge in [0.15, 0.2) is 0 Å². The molecule has 1 aliphatic heterocycles. The molecule has 2 rings (SSSR count). The SMILES string of the molecule is Cc1cc(N)ccc1NC(=O)COC1CCOC1. The fraction of sp³-hybridized carbons (Fsp3) is 0.462. The first kappa shape index (κ1) is 12.9. The topological polar surface area (TPSA) is 73.6 Å². The molecule has 1 aromatic carbocycles. The lowest BCUT2D eigenvalue weighted by atomic mass is 10.2. The highest BCUT2D eigenvalue weighted by Gasteiger charge is 2.17. The normalized spacial score (nSPS) is 18.8. The number of aryl methyl sites for hydroxylation is 1. The molecule has 5 heteroatoms. The molecular formula is C13H18N2O3. The van der Waals surface area contributed by atoms with Crippen LogP contribution in [-0.2, 0) is 14.3 Å². The number of hydrogen-bond donors (Lipinski definition) is 2.